The number of rotatable bonds is 2. The number of hydrogen-bond donors (Lipinski definition) is 1. The average molecular weight is 173 g/mol. The topological polar surface area (TPSA) is 15.8 Å². The van der Waals surface area contributed by atoms with Crippen molar-refractivity contribution in [2.45, 2.75) is 26.2 Å². The molecule has 0 spiro atoms. The minimum Gasteiger partial charge on any atom is -0.361 e. The van der Waals surface area contributed by atoms with E-state index in [2.05, 4.69) is 42.4 Å². The molecule has 0 fully saturated rings. The second kappa shape index (κ2) is 3.65. The lowest BCUT2D eigenvalue weighted by Gasteiger charge is -1.90. The first-order valence-corrected chi connectivity index (χ1v) is 4.95. The van der Waals surface area contributed by atoms with Crippen molar-refractivity contribution in [3.63, 3.8) is 0 Å². The van der Waals surface area contributed by atoms with Gasteiger partial charge in [-0.3, -0.25) is 0 Å². The molecular weight excluding hydrogens is 158 g/mol. The van der Waals surface area contributed by atoms with Crippen LogP contribution in [0.1, 0.15) is 25.3 Å². The van der Waals surface area contributed by atoms with E-state index in [0.717, 1.165) is 6.42 Å². The molecule has 0 aromatic carbocycles. The summed E-state index contributed by atoms with van der Waals surface area (Å²) in [5, 5.41) is 2.67. The number of allylic oxidation sites excluding steroid dienone is 2. The molecule has 2 rings (SSSR count). The zero-order valence-corrected chi connectivity index (χ0v) is 8.01. The Morgan fingerprint density at radius 2 is 2.38 bits per heavy atom. The summed E-state index contributed by atoms with van der Waals surface area (Å²) in [4.78, 5) is 3.31. The van der Waals surface area contributed by atoms with Crippen molar-refractivity contribution in [1.29, 1.82) is 0 Å². The van der Waals surface area contributed by atoms with Gasteiger partial charge in [-0.1, -0.05) is 31.6 Å². The van der Waals surface area contributed by atoms with Crippen LogP contribution in [-0.2, 0) is 6.42 Å². The Morgan fingerprint density at radius 1 is 1.46 bits per heavy atom. The summed E-state index contributed by atoms with van der Waals surface area (Å²) in [6.45, 7) is 2.22. The van der Waals surface area contributed by atoms with Gasteiger partial charge in [0, 0.05) is 11.5 Å². The zero-order valence-electron chi connectivity index (χ0n) is 8.01. The molecule has 0 saturated heterocycles. The van der Waals surface area contributed by atoms with Gasteiger partial charge >= 0.3 is 0 Å². The van der Waals surface area contributed by atoms with Gasteiger partial charge < -0.3 is 4.98 Å². The highest BCUT2D eigenvalue weighted by Crippen LogP contribution is 1.95. The molecule has 0 amide bonds. The summed E-state index contributed by atoms with van der Waals surface area (Å²) in [5.74, 6) is 0. The highest BCUT2D eigenvalue weighted by Gasteiger charge is 1.98. The number of aryl methyl sites for hydroxylation is 1. The first kappa shape index (κ1) is 8.36. The molecule has 0 radical (unpaired) electrons. The predicted molar refractivity (Wildman–Crippen MR) is 56.7 cm³/mol. The van der Waals surface area contributed by atoms with Gasteiger partial charge in [-0.15, -0.1) is 0 Å². The Bertz CT molecular complexity index is 420. The van der Waals surface area contributed by atoms with Crippen molar-refractivity contribution in [2.24, 2.45) is 0 Å². The highest BCUT2D eigenvalue weighted by atomic mass is 14.7. The Hall–Kier alpha value is -1.24. The Balaban J connectivity index is 2.55. The van der Waals surface area contributed by atoms with Gasteiger partial charge in [-0.25, -0.2) is 0 Å². The molecule has 1 aromatic rings. The smallest absolute Gasteiger partial charge is 0.0453 e. The molecule has 1 heteroatoms. The van der Waals surface area contributed by atoms with Crippen LogP contribution in [0.15, 0.2) is 18.3 Å². The van der Waals surface area contributed by atoms with E-state index < -0.39 is 0 Å². The lowest BCUT2D eigenvalue weighted by atomic mass is 10.1. The normalized spacial score (nSPS) is 14.2. The van der Waals surface area contributed by atoms with E-state index >= 15 is 0 Å². The van der Waals surface area contributed by atoms with Crippen LogP contribution < -0.4 is 10.6 Å². The van der Waals surface area contributed by atoms with Crippen molar-refractivity contribution in [1.82, 2.24) is 4.98 Å². The molecule has 0 unspecified atom stereocenters. The van der Waals surface area contributed by atoms with Gasteiger partial charge in [-0.05, 0) is 29.7 Å². The molecule has 0 atom stereocenters. The van der Waals surface area contributed by atoms with Crippen molar-refractivity contribution in [3.05, 3.63) is 34.5 Å². The van der Waals surface area contributed by atoms with Crippen molar-refractivity contribution < 1.29 is 0 Å². The molecule has 13 heavy (non-hydrogen) atoms. The number of aromatic amines is 1. The largest absolute Gasteiger partial charge is 0.361 e. The third kappa shape index (κ3) is 1.59. The first-order chi connectivity index (χ1) is 6.42. The fraction of sp³-hybridized carbons (Fsp3) is 0.333. The van der Waals surface area contributed by atoms with Crippen LogP contribution in [-0.4, -0.2) is 4.98 Å². The molecule has 1 nitrogen and oxygen atoms in total. The molecule has 0 aliphatic heterocycles. The van der Waals surface area contributed by atoms with Gasteiger partial charge in [0.25, 0.3) is 0 Å². The quantitative estimate of drug-likeness (QED) is 0.697. The Kier molecular flexibility index (Phi) is 2.35. The summed E-state index contributed by atoms with van der Waals surface area (Å²) >= 11 is 0. The van der Waals surface area contributed by atoms with Crippen LogP contribution >= 0.6 is 0 Å². The monoisotopic (exact) mass is 173 g/mol. The SMILES string of the molecule is CCCc1c[nH]c2c1=CCC=CC=2. The van der Waals surface area contributed by atoms with Crippen LogP contribution in [0.4, 0.5) is 0 Å². The molecule has 68 valence electrons. The third-order valence-corrected chi connectivity index (χ3v) is 2.41. The van der Waals surface area contributed by atoms with Crippen LogP contribution in [0.2, 0.25) is 0 Å². The fourth-order valence-corrected chi connectivity index (χ4v) is 1.78. The van der Waals surface area contributed by atoms with Gasteiger partial charge in [0.15, 0.2) is 0 Å². The average Bonchev–Trinajstić information content (AvgIpc) is 2.38. The van der Waals surface area contributed by atoms with Crippen LogP contribution in [0.25, 0.3) is 12.2 Å². The summed E-state index contributed by atoms with van der Waals surface area (Å²) in [7, 11) is 0. The van der Waals surface area contributed by atoms with E-state index in [1.54, 1.807) is 0 Å². The Morgan fingerprint density at radius 3 is 3.23 bits per heavy atom. The van der Waals surface area contributed by atoms with Gasteiger partial charge in [0.2, 0.25) is 0 Å². The lowest BCUT2D eigenvalue weighted by molar-refractivity contribution is 0.917. The Labute approximate surface area is 78.5 Å². The zero-order chi connectivity index (χ0) is 9.10. The molecule has 1 N–H and O–H groups in total. The second-order valence-corrected chi connectivity index (χ2v) is 3.43. The summed E-state index contributed by atoms with van der Waals surface area (Å²) < 4.78 is 0. The van der Waals surface area contributed by atoms with Gasteiger partial charge in [0.1, 0.15) is 0 Å². The molecular formula is C12H15N. The van der Waals surface area contributed by atoms with E-state index in [1.165, 1.54) is 29.0 Å². The van der Waals surface area contributed by atoms with Crippen molar-refractivity contribution >= 4 is 12.2 Å². The van der Waals surface area contributed by atoms with Crippen LogP contribution in [0, 0.1) is 0 Å². The van der Waals surface area contributed by atoms with Crippen molar-refractivity contribution in [2.75, 3.05) is 0 Å². The summed E-state index contributed by atoms with van der Waals surface area (Å²) in [6.07, 6.45) is 14.3. The number of fused-ring (bicyclic) bond motifs is 1. The fourth-order valence-electron chi connectivity index (χ4n) is 1.78. The lowest BCUT2D eigenvalue weighted by Crippen LogP contribution is -2.24. The molecule has 0 saturated carbocycles. The van der Waals surface area contributed by atoms with Crippen LogP contribution in [0.5, 0.6) is 0 Å². The third-order valence-electron chi connectivity index (χ3n) is 2.41. The molecule has 1 aliphatic carbocycles. The van der Waals surface area contributed by atoms with Crippen LogP contribution in [0.3, 0.4) is 0 Å². The highest BCUT2D eigenvalue weighted by molar-refractivity contribution is 5.44. The van der Waals surface area contributed by atoms with E-state index in [-0.39, 0.29) is 0 Å². The molecule has 1 heterocycles. The minimum absolute atomic E-state index is 1.05. The van der Waals surface area contributed by atoms with Gasteiger partial charge in [-0.2, -0.15) is 0 Å². The predicted octanol–water partition coefficient (Wildman–Crippen LogP) is 1.49. The van der Waals surface area contributed by atoms with Gasteiger partial charge in [0.05, 0.1) is 0 Å². The standard InChI is InChI=1S/C12H15N/c1-2-6-10-9-13-12-8-5-3-4-7-11(10)12/h3,5,7-9,13H,2,4,6H2,1H3. The van der Waals surface area contributed by atoms with E-state index in [4.69, 9.17) is 0 Å². The summed E-state index contributed by atoms with van der Waals surface area (Å²) in [6, 6.07) is 0. The number of H-pyrrole nitrogens is 1. The first-order valence-electron chi connectivity index (χ1n) is 4.95. The van der Waals surface area contributed by atoms with E-state index in [9.17, 15) is 0 Å². The number of aromatic nitrogens is 1. The maximum atomic E-state index is 3.31. The number of hydrogen-bond acceptors (Lipinski definition) is 0. The molecule has 1 aliphatic rings. The minimum atomic E-state index is 1.05. The number of nitrogens with one attached hydrogen (secondary N) is 1. The van der Waals surface area contributed by atoms with E-state index in [1.807, 2.05) is 0 Å². The molecule has 1 aromatic heterocycles. The van der Waals surface area contributed by atoms with Crippen molar-refractivity contribution in [3.8, 4) is 0 Å². The second-order valence-electron chi connectivity index (χ2n) is 3.43. The summed E-state index contributed by atoms with van der Waals surface area (Å²) in [5.41, 5.74) is 1.46. The molecule has 0 bridgehead atoms. The van der Waals surface area contributed by atoms with E-state index in [0.29, 0.717) is 0 Å². The maximum absolute atomic E-state index is 3.31. The maximum Gasteiger partial charge on any atom is 0.0453 e.